The van der Waals surface area contributed by atoms with Crippen LogP contribution >= 0.6 is 15.9 Å². The van der Waals surface area contributed by atoms with Gasteiger partial charge in [-0.3, -0.25) is 10.3 Å². The molecule has 5 nitrogen and oxygen atoms in total. The Bertz CT molecular complexity index is 533. The van der Waals surface area contributed by atoms with E-state index in [2.05, 4.69) is 36.5 Å². The molecule has 1 aromatic heterocycles. The van der Waals surface area contributed by atoms with Crippen LogP contribution in [0.1, 0.15) is 5.56 Å². The molecule has 0 radical (unpaired) electrons. The van der Waals surface area contributed by atoms with Crippen LogP contribution in [-0.2, 0) is 6.54 Å². The van der Waals surface area contributed by atoms with E-state index in [1.165, 1.54) is 12.4 Å². The third-order valence-corrected chi connectivity index (χ3v) is 2.64. The molecule has 0 aliphatic heterocycles. The first-order chi connectivity index (χ1) is 8.74. The van der Waals surface area contributed by atoms with Crippen molar-refractivity contribution >= 4 is 27.8 Å². The van der Waals surface area contributed by atoms with E-state index in [9.17, 15) is 4.79 Å². The molecule has 0 unspecified atom stereocenters. The van der Waals surface area contributed by atoms with Gasteiger partial charge in [0, 0.05) is 23.4 Å². The van der Waals surface area contributed by atoms with E-state index in [0.29, 0.717) is 12.4 Å². The SMILES string of the molecule is O=C(NCc1cccc(Br)c1)Nc1cnccn1. The number of carbonyl (C=O) groups is 1. The van der Waals surface area contributed by atoms with Crippen molar-refractivity contribution in [1.82, 2.24) is 15.3 Å². The maximum Gasteiger partial charge on any atom is 0.320 e. The Labute approximate surface area is 113 Å². The van der Waals surface area contributed by atoms with Crippen LogP contribution in [0.15, 0.2) is 47.3 Å². The van der Waals surface area contributed by atoms with Gasteiger partial charge in [0.1, 0.15) is 0 Å². The first kappa shape index (κ1) is 12.5. The number of benzene rings is 1. The zero-order chi connectivity index (χ0) is 12.8. The van der Waals surface area contributed by atoms with Gasteiger partial charge in [0.25, 0.3) is 0 Å². The molecule has 2 amide bonds. The quantitative estimate of drug-likeness (QED) is 0.916. The number of urea groups is 1. The van der Waals surface area contributed by atoms with Crippen molar-refractivity contribution in [3.05, 3.63) is 52.9 Å². The van der Waals surface area contributed by atoms with Crippen LogP contribution in [0.3, 0.4) is 0 Å². The lowest BCUT2D eigenvalue weighted by molar-refractivity contribution is 0.251. The second-order valence-electron chi connectivity index (χ2n) is 3.53. The van der Waals surface area contributed by atoms with E-state index >= 15 is 0 Å². The van der Waals surface area contributed by atoms with Crippen molar-refractivity contribution in [3.63, 3.8) is 0 Å². The number of amides is 2. The average molecular weight is 307 g/mol. The summed E-state index contributed by atoms with van der Waals surface area (Å²) in [5.41, 5.74) is 1.01. The molecule has 0 spiro atoms. The molecule has 92 valence electrons. The van der Waals surface area contributed by atoms with Gasteiger partial charge < -0.3 is 5.32 Å². The molecule has 18 heavy (non-hydrogen) atoms. The van der Waals surface area contributed by atoms with Gasteiger partial charge in [0.15, 0.2) is 5.82 Å². The van der Waals surface area contributed by atoms with Crippen molar-refractivity contribution in [2.24, 2.45) is 0 Å². The van der Waals surface area contributed by atoms with Gasteiger partial charge in [-0.2, -0.15) is 0 Å². The summed E-state index contributed by atoms with van der Waals surface area (Å²) in [7, 11) is 0. The third-order valence-electron chi connectivity index (χ3n) is 2.15. The number of nitrogens with one attached hydrogen (secondary N) is 2. The normalized spacial score (nSPS) is 9.83. The van der Waals surface area contributed by atoms with Crippen LogP contribution in [0.2, 0.25) is 0 Å². The fourth-order valence-electron chi connectivity index (χ4n) is 1.35. The molecular weight excluding hydrogens is 296 g/mol. The van der Waals surface area contributed by atoms with Crippen molar-refractivity contribution in [2.75, 3.05) is 5.32 Å². The van der Waals surface area contributed by atoms with Crippen LogP contribution in [-0.4, -0.2) is 16.0 Å². The van der Waals surface area contributed by atoms with Crippen LogP contribution in [0, 0.1) is 0 Å². The maximum absolute atomic E-state index is 11.6. The summed E-state index contributed by atoms with van der Waals surface area (Å²) in [5.74, 6) is 0.421. The number of carbonyl (C=O) groups excluding carboxylic acids is 1. The molecule has 6 heteroatoms. The Hall–Kier alpha value is -1.95. The summed E-state index contributed by atoms with van der Waals surface area (Å²) in [6.07, 6.45) is 4.55. The molecule has 0 saturated heterocycles. The average Bonchev–Trinajstić information content (AvgIpc) is 2.38. The highest BCUT2D eigenvalue weighted by molar-refractivity contribution is 9.10. The summed E-state index contributed by atoms with van der Waals surface area (Å²) in [5, 5.41) is 5.33. The molecule has 0 fully saturated rings. The lowest BCUT2D eigenvalue weighted by Gasteiger charge is -2.06. The standard InChI is InChI=1S/C12H11BrN4O/c13-10-3-1-2-9(6-10)7-16-12(18)17-11-8-14-4-5-15-11/h1-6,8H,7H2,(H2,15,16,17,18). The summed E-state index contributed by atoms with van der Waals surface area (Å²) in [4.78, 5) is 19.4. The molecule has 2 N–H and O–H groups in total. The topological polar surface area (TPSA) is 66.9 Å². The van der Waals surface area contributed by atoms with Crippen molar-refractivity contribution in [3.8, 4) is 0 Å². The van der Waals surface area contributed by atoms with E-state index in [1.54, 1.807) is 6.20 Å². The molecule has 0 atom stereocenters. The fourth-order valence-corrected chi connectivity index (χ4v) is 1.80. The zero-order valence-electron chi connectivity index (χ0n) is 9.43. The molecule has 1 aromatic carbocycles. The van der Waals surface area contributed by atoms with Gasteiger partial charge in [0.2, 0.25) is 0 Å². The lowest BCUT2D eigenvalue weighted by Crippen LogP contribution is -2.28. The van der Waals surface area contributed by atoms with E-state index in [0.717, 1.165) is 10.0 Å². The highest BCUT2D eigenvalue weighted by atomic mass is 79.9. The summed E-state index contributed by atoms with van der Waals surface area (Å²) in [6.45, 7) is 0.450. The fraction of sp³-hybridized carbons (Fsp3) is 0.0833. The predicted octanol–water partition coefficient (Wildman–Crippen LogP) is 2.56. The molecular formula is C12H11BrN4O. The minimum atomic E-state index is -0.310. The number of aromatic nitrogens is 2. The number of anilines is 1. The monoisotopic (exact) mass is 306 g/mol. The van der Waals surface area contributed by atoms with Gasteiger partial charge in [-0.15, -0.1) is 0 Å². The first-order valence-electron chi connectivity index (χ1n) is 5.29. The van der Waals surface area contributed by atoms with Gasteiger partial charge in [-0.05, 0) is 17.7 Å². The minimum absolute atomic E-state index is 0.310. The number of rotatable bonds is 3. The van der Waals surface area contributed by atoms with E-state index < -0.39 is 0 Å². The summed E-state index contributed by atoms with van der Waals surface area (Å²) >= 11 is 3.38. The smallest absolute Gasteiger partial charge is 0.320 e. The Morgan fingerprint density at radius 3 is 2.94 bits per heavy atom. The Balaban J connectivity index is 1.85. The first-order valence-corrected chi connectivity index (χ1v) is 6.08. The van der Waals surface area contributed by atoms with E-state index in [-0.39, 0.29) is 6.03 Å². The van der Waals surface area contributed by atoms with Crippen molar-refractivity contribution in [1.29, 1.82) is 0 Å². The van der Waals surface area contributed by atoms with Gasteiger partial charge in [-0.25, -0.2) is 9.78 Å². The second-order valence-corrected chi connectivity index (χ2v) is 4.44. The van der Waals surface area contributed by atoms with Crippen LogP contribution in [0.4, 0.5) is 10.6 Å². The van der Waals surface area contributed by atoms with Crippen molar-refractivity contribution < 1.29 is 4.79 Å². The van der Waals surface area contributed by atoms with Crippen molar-refractivity contribution in [2.45, 2.75) is 6.54 Å². The van der Waals surface area contributed by atoms with Crippen LogP contribution in [0.25, 0.3) is 0 Å². The zero-order valence-corrected chi connectivity index (χ0v) is 11.0. The number of hydrogen-bond donors (Lipinski definition) is 2. The molecule has 0 bridgehead atoms. The largest absolute Gasteiger partial charge is 0.334 e. The molecule has 2 aromatic rings. The van der Waals surface area contributed by atoms with Crippen LogP contribution < -0.4 is 10.6 Å². The number of hydrogen-bond acceptors (Lipinski definition) is 3. The lowest BCUT2D eigenvalue weighted by atomic mass is 10.2. The predicted molar refractivity (Wildman–Crippen MR) is 72.0 cm³/mol. The Morgan fingerprint density at radius 1 is 1.33 bits per heavy atom. The molecule has 0 aliphatic carbocycles. The Kier molecular flexibility index (Phi) is 4.25. The highest BCUT2D eigenvalue weighted by Gasteiger charge is 2.02. The highest BCUT2D eigenvalue weighted by Crippen LogP contribution is 2.11. The molecule has 0 saturated carbocycles. The number of halogens is 1. The minimum Gasteiger partial charge on any atom is -0.334 e. The van der Waals surface area contributed by atoms with E-state index in [1.807, 2.05) is 24.3 Å². The maximum atomic E-state index is 11.6. The second kappa shape index (κ2) is 6.11. The Morgan fingerprint density at radius 2 is 2.22 bits per heavy atom. The van der Waals surface area contributed by atoms with Gasteiger partial charge in [-0.1, -0.05) is 28.1 Å². The van der Waals surface area contributed by atoms with Crippen LogP contribution in [0.5, 0.6) is 0 Å². The third kappa shape index (κ3) is 3.81. The summed E-state index contributed by atoms with van der Waals surface area (Å²) < 4.78 is 0.983. The van der Waals surface area contributed by atoms with Gasteiger partial charge >= 0.3 is 6.03 Å². The number of nitrogens with zero attached hydrogens (tertiary/aromatic N) is 2. The summed E-state index contributed by atoms with van der Waals surface area (Å²) in [6, 6.07) is 7.43. The van der Waals surface area contributed by atoms with Gasteiger partial charge in [0.05, 0.1) is 6.20 Å². The molecule has 1 heterocycles. The van der Waals surface area contributed by atoms with E-state index in [4.69, 9.17) is 0 Å². The molecule has 0 aliphatic rings. The molecule has 2 rings (SSSR count).